The molecule has 2 heteroatoms. The first-order valence-electron chi connectivity index (χ1n) is 4.04. The summed E-state index contributed by atoms with van der Waals surface area (Å²) in [5.41, 5.74) is 5.66. The largest absolute Gasteiger partial charge is 0.321 e. The van der Waals surface area contributed by atoms with Gasteiger partial charge in [-0.2, -0.15) is 0 Å². The lowest BCUT2D eigenvalue weighted by Crippen LogP contribution is -2.32. The molecule has 58 valence electrons. The Morgan fingerprint density at radius 1 is 1.70 bits per heavy atom. The second-order valence-electron chi connectivity index (χ2n) is 3.08. The van der Waals surface area contributed by atoms with Gasteiger partial charge in [-0.1, -0.05) is 6.92 Å². The number of hydrogen-bond acceptors (Lipinski definition) is 2. The van der Waals surface area contributed by atoms with E-state index in [2.05, 4.69) is 0 Å². The molecule has 0 aromatic heterocycles. The van der Waals surface area contributed by atoms with Crippen molar-refractivity contribution >= 4 is 5.78 Å². The fourth-order valence-electron chi connectivity index (χ4n) is 1.13. The lowest BCUT2D eigenvalue weighted by molar-refractivity contribution is -0.120. The van der Waals surface area contributed by atoms with Crippen LogP contribution in [0.5, 0.6) is 0 Å². The van der Waals surface area contributed by atoms with Gasteiger partial charge >= 0.3 is 0 Å². The van der Waals surface area contributed by atoms with Crippen molar-refractivity contribution in [2.24, 2.45) is 11.7 Å². The smallest absolute Gasteiger partial charge is 0.149 e. The highest BCUT2D eigenvalue weighted by atomic mass is 16.1. The summed E-state index contributed by atoms with van der Waals surface area (Å²) in [4.78, 5) is 11.1. The Labute approximate surface area is 61.8 Å². The van der Waals surface area contributed by atoms with E-state index in [1.165, 1.54) is 0 Å². The first kappa shape index (κ1) is 7.73. The van der Waals surface area contributed by atoms with Crippen molar-refractivity contribution in [2.45, 2.75) is 38.6 Å². The van der Waals surface area contributed by atoms with Crippen molar-refractivity contribution in [3.8, 4) is 0 Å². The fraction of sp³-hybridized carbons (Fsp3) is 0.875. The van der Waals surface area contributed by atoms with Gasteiger partial charge < -0.3 is 5.73 Å². The van der Waals surface area contributed by atoms with Crippen molar-refractivity contribution in [3.05, 3.63) is 0 Å². The van der Waals surface area contributed by atoms with Gasteiger partial charge in [-0.05, 0) is 25.2 Å². The summed E-state index contributed by atoms with van der Waals surface area (Å²) in [6.07, 6.45) is 3.92. The van der Waals surface area contributed by atoms with Crippen molar-refractivity contribution < 1.29 is 4.79 Å². The Balaban J connectivity index is 2.24. The van der Waals surface area contributed by atoms with Crippen molar-refractivity contribution in [1.82, 2.24) is 0 Å². The molecule has 1 atom stereocenters. The Morgan fingerprint density at radius 2 is 2.30 bits per heavy atom. The van der Waals surface area contributed by atoms with Crippen LogP contribution in [0.3, 0.4) is 0 Å². The summed E-state index contributed by atoms with van der Waals surface area (Å²) < 4.78 is 0. The van der Waals surface area contributed by atoms with Crippen molar-refractivity contribution in [1.29, 1.82) is 0 Å². The van der Waals surface area contributed by atoms with Crippen LogP contribution < -0.4 is 5.73 Å². The summed E-state index contributed by atoms with van der Waals surface area (Å²) in [5, 5.41) is 0. The normalized spacial score (nSPS) is 20.6. The molecule has 0 bridgehead atoms. The first-order chi connectivity index (χ1) is 4.75. The van der Waals surface area contributed by atoms with E-state index in [9.17, 15) is 4.79 Å². The number of nitrogens with two attached hydrogens (primary N) is 1. The van der Waals surface area contributed by atoms with E-state index in [4.69, 9.17) is 5.73 Å². The molecule has 1 fully saturated rings. The average Bonchev–Trinajstić information content (AvgIpc) is 2.68. The fourth-order valence-corrected chi connectivity index (χ4v) is 1.13. The van der Waals surface area contributed by atoms with Gasteiger partial charge in [0.15, 0.2) is 0 Å². The molecule has 2 N–H and O–H groups in total. The van der Waals surface area contributed by atoms with Crippen molar-refractivity contribution in [3.63, 3.8) is 0 Å². The maximum absolute atomic E-state index is 11.1. The van der Waals surface area contributed by atoms with Crippen LogP contribution >= 0.6 is 0 Å². The number of carbonyl (C=O) groups is 1. The molecule has 1 aliphatic carbocycles. The molecule has 0 saturated heterocycles. The number of ketones is 1. The van der Waals surface area contributed by atoms with E-state index in [1.807, 2.05) is 6.92 Å². The molecule has 1 aliphatic rings. The summed E-state index contributed by atoms with van der Waals surface area (Å²) in [6.45, 7) is 2.01. The third-order valence-corrected chi connectivity index (χ3v) is 2.00. The Morgan fingerprint density at radius 3 is 2.70 bits per heavy atom. The zero-order chi connectivity index (χ0) is 7.56. The van der Waals surface area contributed by atoms with Crippen LogP contribution in [0, 0.1) is 5.92 Å². The number of Topliss-reactive ketones (excluding diaryl/α,β-unsaturated/α-hetero) is 1. The molecule has 10 heavy (non-hydrogen) atoms. The summed E-state index contributed by atoms with van der Waals surface area (Å²) in [6, 6.07) is -0.139. The van der Waals surface area contributed by atoms with Crippen LogP contribution in [0.2, 0.25) is 0 Å². The lowest BCUT2D eigenvalue weighted by atomic mass is 10.1. The lowest BCUT2D eigenvalue weighted by Gasteiger charge is -2.06. The highest BCUT2D eigenvalue weighted by molar-refractivity contribution is 5.84. The summed E-state index contributed by atoms with van der Waals surface area (Å²) >= 11 is 0. The molecule has 0 unspecified atom stereocenters. The van der Waals surface area contributed by atoms with E-state index < -0.39 is 0 Å². The number of hydrogen-bond donors (Lipinski definition) is 1. The third-order valence-electron chi connectivity index (χ3n) is 2.00. The minimum atomic E-state index is -0.139. The number of rotatable bonds is 4. The monoisotopic (exact) mass is 141 g/mol. The minimum Gasteiger partial charge on any atom is -0.321 e. The van der Waals surface area contributed by atoms with Crippen LogP contribution in [0.4, 0.5) is 0 Å². The maximum Gasteiger partial charge on any atom is 0.149 e. The minimum absolute atomic E-state index is 0.139. The van der Waals surface area contributed by atoms with Gasteiger partial charge in [0.2, 0.25) is 0 Å². The van der Waals surface area contributed by atoms with Crippen LogP contribution in [-0.2, 0) is 4.79 Å². The molecule has 0 amide bonds. The molecule has 0 aromatic carbocycles. The van der Waals surface area contributed by atoms with Gasteiger partial charge in [0.05, 0.1) is 6.04 Å². The molecule has 0 aromatic rings. The third kappa shape index (κ3) is 1.81. The second-order valence-corrected chi connectivity index (χ2v) is 3.08. The van der Waals surface area contributed by atoms with Crippen LogP contribution in [0.25, 0.3) is 0 Å². The molecule has 1 rings (SSSR count). The second kappa shape index (κ2) is 3.15. The van der Waals surface area contributed by atoms with E-state index >= 15 is 0 Å². The Bertz CT molecular complexity index is 129. The molecule has 0 aliphatic heterocycles. The van der Waals surface area contributed by atoms with E-state index in [0.29, 0.717) is 12.3 Å². The van der Waals surface area contributed by atoms with Gasteiger partial charge in [0, 0.05) is 6.42 Å². The molecular formula is C8H15NO. The molecule has 1 saturated carbocycles. The summed E-state index contributed by atoms with van der Waals surface area (Å²) in [7, 11) is 0. The van der Waals surface area contributed by atoms with Gasteiger partial charge in [-0.25, -0.2) is 0 Å². The quantitative estimate of drug-likeness (QED) is 0.637. The van der Waals surface area contributed by atoms with Gasteiger partial charge in [-0.15, -0.1) is 0 Å². The highest BCUT2D eigenvalue weighted by Gasteiger charge is 2.32. The zero-order valence-corrected chi connectivity index (χ0v) is 6.47. The SMILES string of the molecule is CCCC(=O)[C@H](N)C1CC1. The summed E-state index contributed by atoms with van der Waals surface area (Å²) in [5.74, 6) is 0.782. The van der Waals surface area contributed by atoms with Gasteiger partial charge in [0.25, 0.3) is 0 Å². The predicted octanol–water partition coefficient (Wildman–Crippen LogP) is 1.09. The molecular weight excluding hydrogens is 126 g/mol. The standard InChI is InChI=1S/C8H15NO/c1-2-3-7(10)8(9)6-4-5-6/h6,8H,2-5,9H2,1H3/t8-/m1/s1. The maximum atomic E-state index is 11.1. The predicted molar refractivity (Wildman–Crippen MR) is 40.6 cm³/mol. The van der Waals surface area contributed by atoms with Crippen LogP contribution in [0.15, 0.2) is 0 Å². The average molecular weight is 141 g/mol. The van der Waals surface area contributed by atoms with Gasteiger partial charge in [-0.3, -0.25) is 4.79 Å². The zero-order valence-electron chi connectivity index (χ0n) is 6.47. The Hall–Kier alpha value is -0.370. The van der Waals surface area contributed by atoms with Gasteiger partial charge in [0.1, 0.15) is 5.78 Å². The van der Waals surface area contributed by atoms with Crippen molar-refractivity contribution in [2.75, 3.05) is 0 Å². The molecule has 0 heterocycles. The highest BCUT2D eigenvalue weighted by Crippen LogP contribution is 2.32. The molecule has 2 nitrogen and oxygen atoms in total. The van der Waals surface area contributed by atoms with E-state index in [-0.39, 0.29) is 11.8 Å². The first-order valence-corrected chi connectivity index (χ1v) is 4.04. The number of carbonyl (C=O) groups excluding carboxylic acids is 1. The van der Waals surface area contributed by atoms with Crippen LogP contribution in [-0.4, -0.2) is 11.8 Å². The van der Waals surface area contributed by atoms with E-state index in [1.54, 1.807) is 0 Å². The molecule has 0 radical (unpaired) electrons. The molecule has 0 spiro atoms. The van der Waals surface area contributed by atoms with Crippen LogP contribution in [0.1, 0.15) is 32.6 Å². The van der Waals surface area contributed by atoms with E-state index in [0.717, 1.165) is 19.3 Å². The topological polar surface area (TPSA) is 43.1 Å². The Kier molecular flexibility index (Phi) is 2.44.